The lowest BCUT2D eigenvalue weighted by atomic mass is 10.1. The van der Waals surface area contributed by atoms with E-state index in [-0.39, 0.29) is 16.3 Å². The summed E-state index contributed by atoms with van der Waals surface area (Å²) in [6.07, 6.45) is -4.74. The van der Waals surface area contributed by atoms with Crippen molar-refractivity contribution in [2.75, 3.05) is 0 Å². The van der Waals surface area contributed by atoms with Gasteiger partial charge in [-0.05, 0) is 24.3 Å². The van der Waals surface area contributed by atoms with Gasteiger partial charge in [-0.2, -0.15) is 18.2 Å². The van der Waals surface area contributed by atoms with Gasteiger partial charge in [0.1, 0.15) is 11.5 Å². The average molecular weight is 293 g/mol. The molecule has 1 aromatic heterocycles. The summed E-state index contributed by atoms with van der Waals surface area (Å²) in [6.45, 7) is 0. The van der Waals surface area contributed by atoms with Crippen molar-refractivity contribution in [3.05, 3.63) is 51.3 Å². The quantitative estimate of drug-likeness (QED) is 0.820. The molecule has 1 N–H and O–H groups in total. The van der Waals surface area contributed by atoms with Crippen LogP contribution < -0.4 is 5.69 Å². The Hall–Kier alpha value is -1.89. The summed E-state index contributed by atoms with van der Waals surface area (Å²) in [5.41, 5.74) is -2.90. The molecule has 0 radical (unpaired) electrons. The van der Waals surface area contributed by atoms with E-state index in [2.05, 4.69) is 4.98 Å². The molecule has 0 unspecified atom stereocenters. The summed E-state index contributed by atoms with van der Waals surface area (Å²) in [7, 11) is 0. The molecule has 0 fully saturated rings. The fourth-order valence-corrected chi connectivity index (χ4v) is 1.66. The average Bonchev–Trinajstić information content (AvgIpc) is 2.30. The highest BCUT2D eigenvalue weighted by molar-refractivity contribution is 6.33. The van der Waals surface area contributed by atoms with Crippen LogP contribution in [0.3, 0.4) is 0 Å². The van der Waals surface area contributed by atoms with Gasteiger partial charge in [-0.15, -0.1) is 0 Å². The van der Waals surface area contributed by atoms with E-state index in [1.807, 2.05) is 0 Å². The fraction of sp³-hybridized carbons (Fsp3) is 0.0909. The monoisotopic (exact) mass is 292 g/mol. The molecule has 0 saturated carbocycles. The number of alkyl halides is 3. The molecule has 0 bridgehead atoms. The van der Waals surface area contributed by atoms with Crippen molar-refractivity contribution in [2.24, 2.45) is 0 Å². The standard InChI is InChI=1S/C11H5ClF4N2O/c12-7-2-1-5(13)3-6(7)8-4-9(11(14,15)16)18-10(19)17-8/h1-4H,(H,17,18,19). The van der Waals surface area contributed by atoms with E-state index in [0.29, 0.717) is 6.07 Å². The maximum absolute atomic E-state index is 13.1. The number of halogens is 5. The molecule has 2 rings (SSSR count). The van der Waals surface area contributed by atoms with E-state index in [1.165, 1.54) is 6.07 Å². The first kappa shape index (κ1) is 13.5. The van der Waals surface area contributed by atoms with Crippen LogP contribution in [0.2, 0.25) is 5.02 Å². The minimum absolute atomic E-state index is 0.00683. The van der Waals surface area contributed by atoms with E-state index in [0.717, 1.165) is 12.1 Å². The number of aromatic nitrogens is 2. The van der Waals surface area contributed by atoms with Crippen LogP contribution in [0, 0.1) is 5.82 Å². The molecule has 0 aliphatic rings. The van der Waals surface area contributed by atoms with E-state index in [4.69, 9.17) is 11.6 Å². The van der Waals surface area contributed by atoms with Gasteiger partial charge in [0.2, 0.25) is 0 Å². The van der Waals surface area contributed by atoms with Crippen molar-refractivity contribution in [2.45, 2.75) is 6.18 Å². The molecule has 2 aromatic rings. The van der Waals surface area contributed by atoms with Gasteiger partial charge in [0.25, 0.3) is 0 Å². The Morgan fingerprint density at radius 1 is 1.21 bits per heavy atom. The Morgan fingerprint density at radius 2 is 1.89 bits per heavy atom. The molecule has 19 heavy (non-hydrogen) atoms. The molecule has 0 atom stereocenters. The molecule has 0 saturated heterocycles. The predicted octanol–water partition coefficient (Wildman–Crippen LogP) is 3.25. The summed E-state index contributed by atoms with van der Waals surface area (Å²) >= 11 is 5.75. The highest BCUT2D eigenvalue weighted by atomic mass is 35.5. The molecular formula is C11H5ClF4N2O. The third kappa shape index (κ3) is 2.93. The van der Waals surface area contributed by atoms with Gasteiger partial charge < -0.3 is 4.98 Å². The van der Waals surface area contributed by atoms with Crippen LogP contribution in [0.5, 0.6) is 0 Å². The second kappa shape index (κ2) is 4.65. The van der Waals surface area contributed by atoms with Crippen LogP contribution in [-0.2, 0) is 6.18 Å². The first-order valence-corrected chi connectivity index (χ1v) is 5.29. The summed E-state index contributed by atoms with van der Waals surface area (Å²) in [5, 5.41) is -0.00683. The number of rotatable bonds is 1. The number of aromatic amines is 1. The van der Waals surface area contributed by atoms with Crippen molar-refractivity contribution >= 4 is 11.6 Å². The van der Waals surface area contributed by atoms with Crippen molar-refractivity contribution in [1.82, 2.24) is 9.97 Å². The van der Waals surface area contributed by atoms with Crippen molar-refractivity contribution in [1.29, 1.82) is 0 Å². The molecule has 3 nitrogen and oxygen atoms in total. The van der Waals surface area contributed by atoms with Gasteiger partial charge in [0.05, 0.1) is 10.7 Å². The van der Waals surface area contributed by atoms with Crippen LogP contribution in [0.15, 0.2) is 29.1 Å². The number of H-pyrrole nitrogens is 1. The number of hydrogen-bond acceptors (Lipinski definition) is 2. The van der Waals surface area contributed by atoms with Crippen molar-refractivity contribution in [3.8, 4) is 11.3 Å². The molecule has 0 aliphatic heterocycles. The van der Waals surface area contributed by atoms with E-state index < -0.39 is 23.4 Å². The molecule has 100 valence electrons. The zero-order chi connectivity index (χ0) is 14.2. The van der Waals surface area contributed by atoms with Crippen LogP contribution in [-0.4, -0.2) is 9.97 Å². The number of nitrogens with one attached hydrogen (secondary N) is 1. The Balaban J connectivity index is 2.66. The van der Waals surface area contributed by atoms with Crippen molar-refractivity contribution < 1.29 is 17.6 Å². The van der Waals surface area contributed by atoms with Crippen LogP contribution in [0.4, 0.5) is 17.6 Å². The Morgan fingerprint density at radius 3 is 2.53 bits per heavy atom. The summed E-state index contributed by atoms with van der Waals surface area (Å²) < 4.78 is 50.7. The first-order valence-electron chi connectivity index (χ1n) is 4.91. The highest BCUT2D eigenvalue weighted by Gasteiger charge is 2.32. The smallest absolute Gasteiger partial charge is 0.302 e. The van der Waals surface area contributed by atoms with Gasteiger partial charge >= 0.3 is 11.9 Å². The van der Waals surface area contributed by atoms with E-state index >= 15 is 0 Å². The molecule has 1 aromatic carbocycles. The van der Waals surface area contributed by atoms with E-state index in [1.54, 1.807) is 4.98 Å². The second-order valence-electron chi connectivity index (χ2n) is 3.61. The highest BCUT2D eigenvalue weighted by Crippen LogP contribution is 2.31. The summed E-state index contributed by atoms with van der Waals surface area (Å²) in [4.78, 5) is 16.0. The number of nitrogens with zero attached hydrogens (tertiary/aromatic N) is 1. The maximum atomic E-state index is 13.1. The van der Waals surface area contributed by atoms with Crippen LogP contribution in [0.25, 0.3) is 11.3 Å². The predicted molar refractivity (Wildman–Crippen MR) is 60.3 cm³/mol. The molecule has 0 aliphatic carbocycles. The lowest BCUT2D eigenvalue weighted by molar-refractivity contribution is -0.141. The lowest BCUT2D eigenvalue weighted by Gasteiger charge is -2.08. The molecule has 8 heteroatoms. The van der Waals surface area contributed by atoms with Crippen molar-refractivity contribution in [3.63, 3.8) is 0 Å². The third-order valence-corrected chi connectivity index (χ3v) is 2.58. The first-order chi connectivity index (χ1) is 8.77. The maximum Gasteiger partial charge on any atom is 0.431 e. The van der Waals surface area contributed by atoms with E-state index in [9.17, 15) is 22.4 Å². The molecular weight excluding hydrogens is 288 g/mol. The van der Waals surface area contributed by atoms with Gasteiger partial charge in [0.15, 0.2) is 0 Å². The van der Waals surface area contributed by atoms with Crippen LogP contribution in [0.1, 0.15) is 5.69 Å². The Labute approximate surface area is 108 Å². The third-order valence-electron chi connectivity index (χ3n) is 2.25. The second-order valence-corrected chi connectivity index (χ2v) is 4.01. The lowest BCUT2D eigenvalue weighted by Crippen LogP contribution is -2.19. The summed E-state index contributed by atoms with van der Waals surface area (Å²) in [5.74, 6) is -0.699. The fourth-order valence-electron chi connectivity index (χ4n) is 1.44. The summed E-state index contributed by atoms with van der Waals surface area (Å²) in [6, 6.07) is 3.72. The van der Waals surface area contributed by atoms with Gasteiger partial charge in [-0.1, -0.05) is 11.6 Å². The molecule has 0 spiro atoms. The minimum Gasteiger partial charge on any atom is -0.302 e. The number of hydrogen-bond donors (Lipinski definition) is 1. The topological polar surface area (TPSA) is 45.8 Å². The Bertz CT molecular complexity index is 681. The van der Waals surface area contributed by atoms with Gasteiger partial charge in [-0.3, -0.25) is 0 Å². The van der Waals surface area contributed by atoms with Crippen LogP contribution >= 0.6 is 11.6 Å². The Kier molecular flexibility index (Phi) is 3.32. The zero-order valence-corrected chi connectivity index (χ0v) is 9.81. The van der Waals surface area contributed by atoms with Gasteiger partial charge in [0, 0.05) is 5.56 Å². The normalized spacial score (nSPS) is 11.6. The molecule has 0 amide bonds. The zero-order valence-electron chi connectivity index (χ0n) is 9.05. The SMILES string of the molecule is O=c1nc(-c2cc(F)ccc2Cl)cc(C(F)(F)F)[nH]1. The number of benzene rings is 1. The molecule has 1 heterocycles. The van der Waals surface area contributed by atoms with Gasteiger partial charge in [-0.25, -0.2) is 9.18 Å². The largest absolute Gasteiger partial charge is 0.431 e. The minimum atomic E-state index is -4.74.